The van der Waals surface area contributed by atoms with E-state index in [1.54, 1.807) is 24.3 Å². The first-order chi connectivity index (χ1) is 13.5. The third kappa shape index (κ3) is 3.83. The van der Waals surface area contributed by atoms with Crippen molar-refractivity contribution in [3.8, 4) is 11.5 Å². The minimum absolute atomic E-state index is 0.110. The van der Waals surface area contributed by atoms with Gasteiger partial charge >= 0.3 is 0 Å². The van der Waals surface area contributed by atoms with Gasteiger partial charge in [-0.3, -0.25) is 0 Å². The third-order valence-corrected chi connectivity index (χ3v) is 4.88. The highest BCUT2D eigenvalue weighted by Crippen LogP contribution is 2.37. The summed E-state index contributed by atoms with van der Waals surface area (Å²) < 4.78 is 23.2. The molecule has 0 radical (unpaired) electrons. The zero-order valence-corrected chi connectivity index (χ0v) is 14.9. The molecule has 8 heteroatoms. The fraction of sp³-hybridized carbons (Fsp3) is 0.400. The van der Waals surface area contributed by atoms with Gasteiger partial charge in [0.25, 0.3) is 0 Å². The van der Waals surface area contributed by atoms with Gasteiger partial charge in [0.05, 0.1) is 13.2 Å². The molecule has 2 aliphatic heterocycles. The van der Waals surface area contributed by atoms with Crippen molar-refractivity contribution < 1.29 is 39.4 Å². The van der Waals surface area contributed by atoms with Crippen LogP contribution in [0, 0.1) is 0 Å². The van der Waals surface area contributed by atoms with Crippen molar-refractivity contribution in [3.05, 3.63) is 59.7 Å². The second-order valence-electron chi connectivity index (χ2n) is 6.80. The van der Waals surface area contributed by atoms with Crippen LogP contribution < -0.4 is 0 Å². The van der Waals surface area contributed by atoms with Crippen molar-refractivity contribution in [1.29, 1.82) is 0 Å². The molecule has 2 heterocycles. The maximum Gasteiger partial charge on any atom is 0.184 e. The molecule has 150 valence electrons. The van der Waals surface area contributed by atoms with E-state index in [1.807, 2.05) is 0 Å². The first-order valence-corrected chi connectivity index (χ1v) is 9.00. The topological polar surface area (TPSA) is 118 Å². The maximum atomic E-state index is 10.6. The van der Waals surface area contributed by atoms with E-state index in [4.69, 9.17) is 18.9 Å². The van der Waals surface area contributed by atoms with E-state index >= 15 is 0 Å². The highest BCUT2D eigenvalue weighted by molar-refractivity contribution is 5.28. The van der Waals surface area contributed by atoms with Crippen molar-refractivity contribution >= 4 is 0 Å². The van der Waals surface area contributed by atoms with E-state index in [1.165, 1.54) is 24.3 Å². The van der Waals surface area contributed by atoms with Crippen molar-refractivity contribution in [3.63, 3.8) is 0 Å². The number of phenols is 2. The maximum absolute atomic E-state index is 10.6. The fourth-order valence-electron chi connectivity index (χ4n) is 3.35. The van der Waals surface area contributed by atoms with Crippen molar-refractivity contribution in [2.75, 3.05) is 13.2 Å². The van der Waals surface area contributed by atoms with Crippen LogP contribution in [0.15, 0.2) is 48.5 Å². The number of benzene rings is 2. The molecular formula is C20H22O8. The Labute approximate surface area is 161 Å². The number of aromatic hydroxyl groups is 2. The summed E-state index contributed by atoms with van der Waals surface area (Å²) in [7, 11) is 0. The molecule has 2 fully saturated rings. The minimum atomic E-state index is -1.11. The van der Waals surface area contributed by atoms with Crippen molar-refractivity contribution in [2.24, 2.45) is 0 Å². The van der Waals surface area contributed by atoms with Gasteiger partial charge in [0, 0.05) is 11.1 Å². The van der Waals surface area contributed by atoms with Crippen molar-refractivity contribution in [2.45, 2.75) is 37.0 Å². The zero-order valence-electron chi connectivity index (χ0n) is 14.9. The summed E-state index contributed by atoms with van der Waals surface area (Å²) >= 11 is 0. The largest absolute Gasteiger partial charge is 0.508 e. The molecule has 4 rings (SSSR count). The number of hydrogen-bond donors (Lipinski definition) is 4. The monoisotopic (exact) mass is 390 g/mol. The molecule has 2 aromatic carbocycles. The van der Waals surface area contributed by atoms with Gasteiger partial charge in [0.1, 0.15) is 35.9 Å². The van der Waals surface area contributed by atoms with E-state index in [9.17, 15) is 20.4 Å². The Morgan fingerprint density at radius 3 is 1.93 bits per heavy atom. The molecule has 0 bridgehead atoms. The summed E-state index contributed by atoms with van der Waals surface area (Å²) in [5.74, 6) is 0.253. The molecule has 8 nitrogen and oxygen atoms in total. The number of phenolic OH excluding ortho intramolecular Hbond substituents is 2. The SMILES string of the molecule is OC[C@H]1OC(c2ccc(O)cc2)O[C@H]([C@@H]2COC(c3ccc(O)cc3)O2)[C@@H]1O. The predicted molar refractivity (Wildman–Crippen MR) is 95.4 cm³/mol. The zero-order chi connectivity index (χ0) is 19.7. The van der Waals surface area contributed by atoms with E-state index in [0.717, 1.165) is 5.56 Å². The first-order valence-electron chi connectivity index (χ1n) is 9.00. The number of hydrogen-bond acceptors (Lipinski definition) is 8. The van der Waals surface area contributed by atoms with E-state index in [-0.39, 0.29) is 24.7 Å². The quantitative estimate of drug-likeness (QED) is 0.618. The normalized spacial score (nSPS) is 33.1. The Balaban J connectivity index is 1.50. The Morgan fingerprint density at radius 2 is 1.36 bits per heavy atom. The van der Waals surface area contributed by atoms with Crippen LogP contribution in [0.1, 0.15) is 23.7 Å². The van der Waals surface area contributed by atoms with Crippen LogP contribution >= 0.6 is 0 Å². The second kappa shape index (κ2) is 8.04. The molecule has 0 spiro atoms. The third-order valence-electron chi connectivity index (χ3n) is 4.88. The van der Waals surface area contributed by atoms with Crippen LogP contribution in [-0.4, -0.2) is 58.1 Å². The van der Waals surface area contributed by atoms with Crippen LogP contribution in [-0.2, 0) is 18.9 Å². The van der Waals surface area contributed by atoms with E-state index in [2.05, 4.69) is 0 Å². The standard InChI is InChI=1S/C20H22O8/c21-9-15-17(24)18(28-20(26-15)12-3-7-14(23)8-4-12)16-10-25-19(27-16)11-1-5-13(22)6-2-11/h1-8,15-24H,9-10H2/t15-,16+,17-,18-,19?,20?/m1/s1. The smallest absolute Gasteiger partial charge is 0.184 e. The predicted octanol–water partition coefficient (Wildman–Crippen LogP) is 1.35. The lowest BCUT2D eigenvalue weighted by molar-refractivity contribution is -0.310. The van der Waals surface area contributed by atoms with Gasteiger partial charge < -0.3 is 39.4 Å². The Bertz CT molecular complexity index is 778. The molecule has 0 amide bonds. The highest BCUT2D eigenvalue weighted by atomic mass is 16.8. The van der Waals surface area contributed by atoms with Gasteiger partial charge in [0.2, 0.25) is 0 Å². The number of aliphatic hydroxyl groups is 2. The summed E-state index contributed by atoms with van der Waals surface area (Å²) in [6, 6.07) is 12.8. The molecule has 2 aromatic rings. The first kappa shape index (κ1) is 19.1. The highest BCUT2D eigenvalue weighted by Gasteiger charge is 2.46. The number of aliphatic hydroxyl groups excluding tert-OH is 2. The van der Waals surface area contributed by atoms with Crippen LogP contribution in [0.4, 0.5) is 0 Å². The summed E-state index contributed by atoms with van der Waals surface area (Å²) in [6.07, 6.45) is -4.80. The molecule has 2 saturated heterocycles. The Kier molecular flexibility index (Phi) is 5.49. The lowest BCUT2D eigenvalue weighted by Crippen LogP contribution is -2.54. The lowest BCUT2D eigenvalue weighted by Gasteiger charge is -2.40. The molecular weight excluding hydrogens is 368 g/mol. The number of ether oxygens (including phenoxy) is 4. The molecule has 2 aliphatic rings. The van der Waals surface area contributed by atoms with Crippen LogP contribution in [0.3, 0.4) is 0 Å². The van der Waals surface area contributed by atoms with Gasteiger partial charge in [-0.2, -0.15) is 0 Å². The Morgan fingerprint density at radius 1 is 0.786 bits per heavy atom. The van der Waals surface area contributed by atoms with E-state index in [0.29, 0.717) is 5.56 Å². The fourth-order valence-corrected chi connectivity index (χ4v) is 3.35. The van der Waals surface area contributed by atoms with Crippen molar-refractivity contribution in [1.82, 2.24) is 0 Å². The summed E-state index contributed by atoms with van der Waals surface area (Å²) in [4.78, 5) is 0. The minimum Gasteiger partial charge on any atom is -0.508 e. The average molecular weight is 390 g/mol. The number of rotatable bonds is 4. The van der Waals surface area contributed by atoms with Gasteiger partial charge in [-0.15, -0.1) is 0 Å². The lowest BCUT2D eigenvalue weighted by atomic mass is 10.0. The van der Waals surface area contributed by atoms with Crippen LogP contribution in [0.25, 0.3) is 0 Å². The van der Waals surface area contributed by atoms with Gasteiger partial charge in [-0.25, -0.2) is 0 Å². The van der Waals surface area contributed by atoms with Gasteiger partial charge in [0.15, 0.2) is 12.6 Å². The van der Waals surface area contributed by atoms with E-state index < -0.39 is 37.0 Å². The van der Waals surface area contributed by atoms with Gasteiger partial charge in [-0.05, 0) is 24.3 Å². The summed E-state index contributed by atoms with van der Waals surface area (Å²) in [5, 5.41) is 39.1. The Hall–Kier alpha value is -2.20. The van der Waals surface area contributed by atoms with Crippen LogP contribution in [0.2, 0.25) is 0 Å². The molecule has 0 aliphatic carbocycles. The molecule has 0 saturated carbocycles. The second-order valence-corrected chi connectivity index (χ2v) is 6.80. The average Bonchev–Trinajstić information content (AvgIpc) is 3.19. The molecule has 4 N–H and O–H groups in total. The summed E-state index contributed by atoms with van der Waals surface area (Å²) in [5.41, 5.74) is 1.37. The molecule has 6 atom stereocenters. The molecule has 0 aromatic heterocycles. The molecule has 2 unspecified atom stereocenters. The molecule has 28 heavy (non-hydrogen) atoms. The van der Waals surface area contributed by atoms with Gasteiger partial charge in [-0.1, -0.05) is 24.3 Å². The van der Waals surface area contributed by atoms with Crippen LogP contribution in [0.5, 0.6) is 11.5 Å². The summed E-state index contributed by atoms with van der Waals surface area (Å²) in [6.45, 7) is -0.196.